The van der Waals surface area contributed by atoms with Gasteiger partial charge < -0.3 is 14.4 Å². The van der Waals surface area contributed by atoms with E-state index >= 15 is 0 Å². The number of carbonyl (C=O) groups excluding carboxylic acids is 1. The number of rotatable bonds is 4. The topological polar surface area (TPSA) is 94.6 Å². The van der Waals surface area contributed by atoms with Crippen LogP contribution in [0.1, 0.15) is 28.7 Å². The van der Waals surface area contributed by atoms with Crippen molar-refractivity contribution < 1.29 is 24.0 Å². The van der Waals surface area contributed by atoms with Crippen LogP contribution in [0.2, 0.25) is 0 Å². The number of benzene rings is 1. The van der Waals surface area contributed by atoms with Gasteiger partial charge in [-0.3, -0.25) is 4.79 Å². The highest BCUT2D eigenvalue weighted by Crippen LogP contribution is 2.34. The molecule has 3 rings (SSSR count). The zero-order valence-corrected chi connectivity index (χ0v) is 13.5. The van der Waals surface area contributed by atoms with Gasteiger partial charge in [0, 0.05) is 22.6 Å². The van der Waals surface area contributed by atoms with E-state index in [9.17, 15) is 14.7 Å². The van der Waals surface area contributed by atoms with Crippen molar-refractivity contribution in [2.24, 2.45) is 0 Å². The van der Waals surface area contributed by atoms with Crippen LogP contribution in [0.4, 0.5) is 4.79 Å². The highest BCUT2D eigenvalue weighted by molar-refractivity contribution is 6.04. The molecule has 7 heteroatoms. The smallest absolute Gasteiger partial charge is 0.418 e. The molecule has 0 unspecified atom stereocenters. The van der Waals surface area contributed by atoms with E-state index in [0.29, 0.717) is 46.4 Å². The van der Waals surface area contributed by atoms with Crippen molar-refractivity contribution >= 4 is 23.3 Å². The third-order valence-corrected chi connectivity index (χ3v) is 3.85. The third kappa shape index (κ3) is 2.34. The molecule has 0 spiro atoms. The number of aryl methyl sites for hydroxylation is 2. The Hall–Kier alpha value is -3.09. The van der Waals surface area contributed by atoms with Crippen LogP contribution in [-0.2, 0) is 0 Å². The first-order chi connectivity index (χ1) is 11.5. The minimum absolute atomic E-state index is 0.180. The quantitative estimate of drug-likeness (QED) is 0.735. The predicted molar refractivity (Wildman–Crippen MR) is 86.9 cm³/mol. The molecule has 7 nitrogen and oxygen atoms in total. The van der Waals surface area contributed by atoms with Gasteiger partial charge in [-0.2, -0.15) is 0 Å². The summed E-state index contributed by atoms with van der Waals surface area (Å²) in [6, 6.07) is 4.96. The predicted octanol–water partition coefficient (Wildman–Crippen LogP) is 3.65. The maximum atomic E-state index is 11.7. The van der Waals surface area contributed by atoms with Gasteiger partial charge in [0.25, 0.3) is 0 Å². The summed E-state index contributed by atoms with van der Waals surface area (Å²) in [6.45, 7) is 5.64. The van der Waals surface area contributed by atoms with Crippen molar-refractivity contribution in [1.82, 2.24) is 9.72 Å². The number of fused-ring (bicyclic) bond motifs is 1. The number of aldehydes is 1. The lowest BCUT2D eigenvalue weighted by Crippen LogP contribution is -2.10. The summed E-state index contributed by atoms with van der Waals surface area (Å²) < 4.78 is 11.6. The fourth-order valence-corrected chi connectivity index (χ4v) is 2.90. The molecule has 1 N–H and O–H groups in total. The van der Waals surface area contributed by atoms with Crippen molar-refractivity contribution in [1.29, 1.82) is 0 Å². The zero-order chi connectivity index (χ0) is 17.4. The van der Waals surface area contributed by atoms with E-state index in [-0.39, 0.29) is 5.88 Å². The molecule has 3 aromatic rings. The second-order valence-electron chi connectivity index (χ2n) is 5.35. The molecule has 0 aliphatic rings. The summed E-state index contributed by atoms with van der Waals surface area (Å²) in [5.41, 5.74) is 2.84. The van der Waals surface area contributed by atoms with Crippen molar-refractivity contribution in [3.8, 4) is 17.0 Å². The van der Waals surface area contributed by atoms with Crippen LogP contribution < -0.4 is 4.74 Å². The lowest BCUT2D eigenvalue weighted by Gasteiger charge is -2.07. The number of hydrogen-bond acceptors (Lipinski definition) is 5. The second-order valence-corrected chi connectivity index (χ2v) is 5.35. The average molecular weight is 328 g/mol. The number of carbonyl (C=O) groups is 2. The van der Waals surface area contributed by atoms with Gasteiger partial charge in [0.05, 0.1) is 17.8 Å². The maximum Gasteiger partial charge on any atom is 0.418 e. The molecule has 0 radical (unpaired) electrons. The number of hydrogen-bond donors (Lipinski definition) is 1. The summed E-state index contributed by atoms with van der Waals surface area (Å²) in [6.07, 6.45) is -0.479. The fourth-order valence-electron chi connectivity index (χ4n) is 2.90. The molecule has 2 heterocycles. The summed E-state index contributed by atoms with van der Waals surface area (Å²) >= 11 is 0. The monoisotopic (exact) mass is 328 g/mol. The first kappa shape index (κ1) is 15.8. The van der Waals surface area contributed by atoms with Crippen molar-refractivity contribution in [3.05, 3.63) is 35.2 Å². The Balaban J connectivity index is 2.37. The van der Waals surface area contributed by atoms with Crippen LogP contribution in [0, 0.1) is 13.8 Å². The molecular weight excluding hydrogens is 312 g/mol. The molecule has 0 amide bonds. The molecule has 0 aliphatic carbocycles. The Morgan fingerprint density at radius 3 is 2.67 bits per heavy atom. The lowest BCUT2D eigenvalue weighted by atomic mass is 9.99. The molecular formula is C17H16N2O5. The standard InChI is InChI=1S/C17H16N2O5/c1-4-23-15-7-13-12(8-20)5-11(6-14(13)19(15)17(21)22)16-9(2)18-24-10(16)3/h5-8H,4H2,1-3H3,(H,21,22). The first-order valence-corrected chi connectivity index (χ1v) is 7.42. The van der Waals surface area contributed by atoms with Gasteiger partial charge in [-0.05, 0) is 38.5 Å². The van der Waals surface area contributed by atoms with Gasteiger partial charge >= 0.3 is 6.09 Å². The highest BCUT2D eigenvalue weighted by atomic mass is 16.5. The Labute approximate surface area is 137 Å². The lowest BCUT2D eigenvalue weighted by molar-refractivity contribution is 0.112. The van der Waals surface area contributed by atoms with Crippen LogP contribution in [0.15, 0.2) is 22.7 Å². The number of ether oxygens (including phenoxy) is 1. The van der Waals surface area contributed by atoms with E-state index < -0.39 is 6.09 Å². The summed E-state index contributed by atoms with van der Waals surface area (Å²) in [5, 5.41) is 14.0. The van der Waals surface area contributed by atoms with Crippen LogP contribution >= 0.6 is 0 Å². The number of nitrogens with zero attached hydrogens (tertiary/aromatic N) is 2. The first-order valence-electron chi connectivity index (χ1n) is 7.42. The van der Waals surface area contributed by atoms with Crippen LogP contribution in [-0.4, -0.2) is 33.8 Å². The van der Waals surface area contributed by atoms with E-state index in [1.54, 1.807) is 39.0 Å². The molecule has 0 saturated heterocycles. The van der Waals surface area contributed by atoms with Crippen LogP contribution in [0.3, 0.4) is 0 Å². The Morgan fingerprint density at radius 2 is 2.12 bits per heavy atom. The third-order valence-electron chi connectivity index (χ3n) is 3.85. The average Bonchev–Trinajstić information content (AvgIpc) is 3.06. The molecule has 0 fully saturated rings. The second kappa shape index (κ2) is 5.84. The molecule has 24 heavy (non-hydrogen) atoms. The van der Waals surface area contributed by atoms with Crippen molar-refractivity contribution in [2.75, 3.05) is 6.61 Å². The van der Waals surface area contributed by atoms with E-state index in [4.69, 9.17) is 9.26 Å². The molecule has 2 aromatic heterocycles. The van der Waals surface area contributed by atoms with Gasteiger partial charge in [-0.15, -0.1) is 0 Å². The Bertz CT molecular complexity index is 932. The fraction of sp³-hybridized carbons (Fsp3) is 0.235. The largest absolute Gasteiger partial charge is 0.479 e. The highest BCUT2D eigenvalue weighted by Gasteiger charge is 2.20. The van der Waals surface area contributed by atoms with Gasteiger partial charge in [0.2, 0.25) is 5.88 Å². The van der Waals surface area contributed by atoms with E-state index in [0.717, 1.165) is 10.1 Å². The minimum atomic E-state index is -1.18. The van der Waals surface area contributed by atoms with E-state index in [2.05, 4.69) is 5.16 Å². The molecule has 124 valence electrons. The van der Waals surface area contributed by atoms with Crippen LogP contribution in [0.25, 0.3) is 22.0 Å². The van der Waals surface area contributed by atoms with E-state index in [1.165, 1.54) is 0 Å². The molecule has 0 bridgehead atoms. The molecule has 0 saturated carbocycles. The summed E-state index contributed by atoms with van der Waals surface area (Å²) in [5.74, 6) is 0.779. The van der Waals surface area contributed by atoms with Gasteiger partial charge in [-0.1, -0.05) is 5.16 Å². The number of carboxylic acid groups (broad SMARTS) is 1. The summed E-state index contributed by atoms with van der Waals surface area (Å²) in [7, 11) is 0. The molecule has 0 atom stereocenters. The van der Waals surface area contributed by atoms with Crippen molar-refractivity contribution in [2.45, 2.75) is 20.8 Å². The number of aromatic nitrogens is 2. The summed E-state index contributed by atoms with van der Waals surface area (Å²) in [4.78, 5) is 23.2. The maximum absolute atomic E-state index is 11.7. The normalized spacial score (nSPS) is 11.0. The Kier molecular flexibility index (Phi) is 3.84. The van der Waals surface area contributed by atoms with Gasteiger partial charge in [-0.25, -0.2) is 9.36 Å². The van der Waals surface area contributed by atoms with Gasteiger partial charge in [0.1, 0.15) is 5.76 Å². The molecule has 0 aliphatic heterocycles. The Morgan fingerprint density at radius 1 is 1.38 bits per heavy atom. The van der Waals surface area contributed by atoms with E-state index in [1.807, 2.05) is 0 Å². The SMILES string of the molecule is CCOc1cc2c(C=O)cc(-c3c(C)noc3C)cc2n1C(=O)O. The zero-order valence-electron chi connectivity index (χ0n) is 13.5. The molecule has 1 aromatic carbocycles. The van der Waals surface area contributed by atoms with Crippen LogP contribution in [0.5, 0.6) is 5.88 Å². The van der Waals surface area contributed by atoms with Gasteiger partial charge in [0.15, 0.2) is 6.29 Å². The minimum Gasteiger partial charge on any atom is -0.479 e. The van der Waals surface area contributed by atoms with Crippen molar-refractivity contribution in [3.63, 3.8) is 0 Å².